The van der Waals surface area contributed by atoms with E-state index in [9.17, 15) is 9.90 Å². The first kappa shape index (κ1) is 25.5. The average molecular weight is 514 g/mol. The molecular formula is C24H27Cl3N2O4. The van der Waals surface area contributed by atoms with Crippen molar-refractivity contribution in [2.24, 2.45) is 0 Å². The number of halogens is 3. The molecule has 3 rings (SSSR count). The van der Waals surface area contributed by atoms with E-state index < -0.39 is 0 Å². The van der Waals surface area contributed by atoms with Crippen molar-refractivity contribution in [2.75, 3.05) is 26.3 Å². The lowest BCUT2D eigenvalue weighted by molar-refractivity contribution is -0.124. The Hall–Kier alpha value is -2.12. The highest BCUT2D eigenvalue weighted by atomic mass is 35.5. The van der Waals surface area contributed by atoms with Crippen LogP contribution in [0.2, 0.25) is 15.1 Å². The normalized spacial score (nSPS) is 15.6. The van der Waals surface area contributed by atoms with Crippen LogP contribution in [0, 0.1) is 0 Å². The molecule has 1 heterocycles. The van der Waals surface area contributed by atoms with Gasteiger partial charge in [-0.25, -0.2) is 0 Å². The summed E-state index contributed by atoms with van der Waals surface area (Å²) in [5, 5.41) is 14.6. The maximum atomic E-state index is 12.3. The molecule has 9 heteroatoms. The number of aliphatic hydroxyl groups excluding tert-OH is 1. The van der Waals surface area contributed by atoms with Crippen LogP contribution in [0.4, 0.5) is 0 Å². The summed E-state index contributed by atoms with van der Waals surface area (Å²) >= 11 is 17.7. The number of carbonyl (C=O) groups is 1. The number of hydrogen-bond acceptors (Lipinski definition) is 5. The van der Waals surface area contributed by atoms with Gasteiger partial charge in [0.05, 0.1) is 22.7 Å². The minimum absolute atomic E-state index is 0.0454. The van der Waals surface area contributed by atoms with Crippen molar-refractivity contribution in [3.63, 3.8) is 0 Å². The van der Waals surface area contributed by atoms with Crippen LogP contribution >= 0.6 is 34.8 Å². The third-order valence-corrected chi connectivity index (χ3v) is 6.45. The molecule has 1 fully saturated rings. The van der Waals surface area contributed by atoms with Gasteiger partial charge in [0.1, 0.15) is 17.3 Å². The van der Waals surface area contributed by atoms with Crippen LogP contribution in [0.15, 0.2) is 54.8 Å². The third kappa shape index (κ3) is 8.00. The lowest BCUT2D eigenvalue weighted by Gasteiger charge is -2.37. The van der Waals surface area contributed by atoms with Gasteiger partial charge in [-0.15, -0.1) is 0 Å². The molecule has 6 nitrogen and oxygen atoms in total. The number of nitrogens with one attached hydrogen (secondary N) is 1. The second-order valence-electron chi connectivity index (χ2n) is 7.84. The summed E-state index contributed by atoms with van der Waals surface area (Å²) in [5.41, 5.74) is 0. The van der Waals surface area contributed by atoms with Gasteiger partial charge < -0.3 is 19.9 Å². The van der Waals surface area contributed by atoms with E-state index in [1.165, 1.54) is 0 Å². The van der Waals surface area contributed by atoms with E-state index in [4.69, 9.17) is 44.3 Å². The molecule has 0 spiro atoms. The molecule has 0 bridgehead atoms. The second-order valence-corrected chi connectivity index (χ2v) is 9.09. The largest absolute Gasteiger partial charge is 0.511 e. The minimum Gasteiger partial charge on any atom is -0.511 e. The highest BCUT2D eigenvalue weighted by molar-refractivity contribution is 6.42. The van der Waals surface area contributed by atoms with Crippen LogP contribution in [-0.2, 0) is 4.79 Å². The summed E-state index contributed by atoms with van der Waals surface area (Å²) in [6.07, 6.45) is 2.13. The molecule has 2 N–H and O–H groups in total. The van der Waals surface area contributed by atoms with Gasteiger partial charge in [0.25, 0.3) is 5.91 Å². The molecule has 33 heavy (non-hydrogen) atoms. The maximum Gasteiger partial charge on any atom is 0.258 e. The zero-order valence-electron chi connectivity index (χ0n) is 18.1. The quantitative estimate of drug-likeness (QED) is 0.410. The Kier molecular flexibility index (Phi) is 9.56. The summed E-state index contributed by atoms with van der Waals surface area (Å²) in [6.45, 7) is 5.53. The van der Waals surface area contributed by atoms with Crippen LogP contribution in [0.5, 0.6) is 11.5 Å². The van der Waals surface area contributed by atoms with Crippen molar-refractivity contribution in [1.29, 1.82) is 0 Å². The highest BCUT2D eigenvalue weighted by Gasteiger charge is 2.27. The summed E-state index contributed by atoms with van der Waals surface area (Å²) in [4.78, 5) is 14.4. The Labute approximate surface area is 209 Å². The number of likely N-dealkylation sites (tertiary alicyclic amines) is 1. The number of carbonyl (C=O) groups excluding carboxylic acids is 1. The molecule has 1 atom stereocenters. The highest BCUT2D eigenvalue weighted by Crippen LogP contribution is 2.26. The molecule has 1 aliphatic rings. The van der Waals surface area contributed by atoms with Gasteiger partial charge in [-0.05, 0) is 49.2 Å². The van der Waals surface area contributed by atoms with E-state index in [0.717, 1.165) is 31.7 Å². The molecule has 2 aromatic rings. The fourth-order valence-corrected chi connectivity index (χ4v) is 4.13. The second kappa shape index (κ2) is 12.4. The van der Waals surface area contributed by atoms with Crippen LogP contribution < -0.4 is 14.8 Å². The summed E-state index contributed by atoms with van der Waals surface area (Å²) in [6, 6.07) is 11.9. The Morgan fingerprint density at radius 2 is 1.73 bits per heavy atom. The van der Waals surface area contributed by atoms with Gasteiger partial charge in [0, 0.05) is 36.6 Å². The van der Waals surface area contributed by atoms with E-state index in [1.807, 2.05) is 12.1 Å². The van der Waals surface area contributed by atoms with E-state index in [2.05, 4.69) is 16.8 Å². The molecule has 0 aromatic heterocycles. The molecule has 1 aliphatic heterocycles. The molecule has 0 radical (unpaired) electrons. The molecule has 1 amide bonds. The minimum atomic E-state index is -0.202. The predicted octanol–water partition coefficient (Wildman–Crippen LogP) is 5.52. The fraction of sp³-hybridized carbons (Fsp3) is 0.375. The number of piperidine rings is 1. The Balaban J connectivity index is 1.40. The van der Waals surface area contributed by atoms with Crippen molar-refractivity contribution in [2.45, 2.75) is 31.3 Å². The fourth-order valence-electron chi connectivity index (χ4n) is 3.72. The first-order valence-electron chi connectivity index (χ1n) is 10.7. The van der Waals surface area contributed by atoms with Gasteiger partial charge in [-0.3, -0.25) is 9.69 Å². The standard InChI is InChI=1S/C24H27Cl3N2O4/c1-16(30)23(10-13-32-19-4-2-17(25)3-5-19)29-11-8-18(9-12-29)28-24(31)15-33-20-6-7-21(26)22(27)14-20/h2-7,14,18,23,30H,1,8-13,15H2,(H,28,31). The van der Waals surface area contributed by atoms with E-state index in [1.54, 1.807) is 30.3 Å². The smallest absolute Gasteiger partial charge is 0.258 e. The average Bonchev–Trinajstić information content (AvgIpc) is 2.79. The third-order valence-electron chi connectivity index (χ3n) is 5.45. The van der Waals surface area contributed by atoms with Crippen molar-refractivity contribution in [1.82, 2.24) is 10.2 Å². The van der Waals surface area contributed by atoms with Crippen molar-refractivity contribution >= 4 is 40.7 Å². The van der Waals surface area contributed by atoms with Gasteiger partial charge in [0.15, 0.2) is 6.61 Å². The molecule has 1 saturated heterocycles. The Morgan fingerprint density at radius 3 is 2.36 bits per heavy atom. The van der Waals surface area contributed by atoms with Gasteiger partial charge in [0.2, 0.25) is 0 Å². The van der Waals surface area contributed by atoms with E-state index in [-0.39, 0.29) is 30.4 Å². The van der Waals surface area contributed by atoms with Crippen molar-refractivity contribution < 1.29 is 19.4 Å². The number of aliphatic hydroxyl groups is 1. The lowest BCUT2D eigenvalue weighted by atomic mass is 10.0. The monoisotopic (exact) mass is 512 g/mol. The maximum absolute atomic E-state index is 12.3. The Morgan fingerprint density at radius 1 is 1.06 bits per heavy atom. The number of nitrogens with zero attached hydrogens (tertiary/aromatic N) is 1. The van der Waals surface area contributed by atoms with Crippen LogP contribution in [0.1, 0.15) is 19.3 Å². The molecule has 1 unspecified atom stereocenters. The summed E-state index contributed by atoms with van der Waals surface area (Å²) < 4.78 is 11.3. The molecule has 0 aliphatic carbocycles. The van der Waals surface area contributed by atoms with Crippen LogP contribution in [-0.4, -0.2) is 54.3 Å². The van der Waals surface area contributed by atoms with Gasteiger partial charge >= 0.3 is 0 Å². The molecule has 0 saturated carbocycles. The molecule has 2 aromatic carbocycles. The molecule has 178 valence electrons. The topological polar surface area (TPSA) is 71.0 Å². The number of benzene rings is 2. The number of ether oxygens (including phenoxy) is 2. The number of hydrogen-bond donors (Lipinski definition) is 2. The lowest BCUT2D eigenvalue weighted by Crippen LogP contribution is -2.49. The van der Waals surface area contributed by atoms with Gasteiger partial charge in [-0.2, -0.15) is 0 Å². The van der Waals surface area contributed by atoms with Crippen LogP contribution in [0.25, 0.3) is 0 Å². The number of amides is 1. The molecular weight excluding hydrogens is 487 g/mol. The number of rotatable bonds is 10. The van der Waals surface area contributed by atoms with Crippen LogP contribution in [0.3, 0.4) is 0 Å². The SMILES string of the molecule is C=C(O)C(CCOc1ccc(Cl)cc1)N1CCC(NC(=O)COc2ccc(Cl)c(Cl)c2)CC1. The zero-order chi connectivity index (χ0) is 23.8. The summed E-state index contributed by atoms with van der Waals surface area (Å²) in [7, 11) is 0. The summed E-state index contributed by atoms with van der Waals surface area (Å²) in [5.74, 6) is 1.14. The zero-order valence-corrected chi connectivity index (χ0v) is 20.4. The van der Waals surface area contributed by atoms with Crippen molar-refractivity contribution in [3.05, 3.63) is 69.9 Å². The first-order chi connectivity index (χ1) is 15.8. The first-order valence-corrected chi connectivity index (χ1v) is 11.8. The van der Waals surface area contributed by atoms with E-state index >= 15 is 0 Å². The Bertz CT molecular complexity index is 947. The van der Waals surface area contributed by atoms with E-state index in [0.29, 0.717) is 33.8 Å². The van der Waals surface area contributed by atoms with Crippen molar-refractivity contribution in [3.8, 4) is 11.5 Å². The van der Waals surface area contributed by atoms with Gasteiger partial charge in [-0.1, -0.05) is 41.4 Å². The predicted molar refractivity (Wildman–Crippen MR) is 132 cm³/mol.